The second-order valence-electron chi connectivity index (χ2n) is 7.89. The summed E-state index contributed by atoms with van der Waals surface area (Å²) in [5, 5.41) is 10.6. The van der Waals surface area contributed by atoms with E-state index in [1.807, 2.05) is 30.3 Å². The van der Waals surface area contributed by atoms with Crippen LogP contribution in [0.5, 0.6) is 5.88 Å². The Labute approximate surface area is 188 Å². The lowest BCUT2D eigenvalue weighted by atomic mass is 10.1. The van der Waals surface area contributed by atoms with Crippen LogP contribution in [0.1, 0.15) is 28.5 Å². The topological polar surface area (TPSA) is 119 Å². The summed E-state index contributed by atoms with van der Waals surface area (Å²) in [4.78, 5) is 21.9. The minimum absolute atomic E-state index is 0.180. The third-order valence-electron chi connectivity index (χ3n) is 5.47. The Hall–Kier alpha value is -4.21. The Kier molecular flexibility index (Phi) is 5.04. The van der Waals surface area contributed by atoms with E-state index < -0.39 is 11.9 Å². The van der Waals surface area contributed by atoms with Crippen LogP contribution in [0.4, 0.5) is 16.0 Å². The lowest BCUT2D eigenvalue weighted by Gasteiger charge is -2.18. The van der Waals surface area contributed by atoms with Crippen molar-refractivity contribution in [1.82, 2.24) is 24.9 Å². The summed E-state index contributed by atoms with van der Waals surface area (Å²) in [6.45, 7) is 3.93. The first kappa shape index (κ1) is 20.7. The number of nitrogens with one attached hydrogen (secondary N) is 2. The van der Waals surface area contributed by atoms with Crippen molar-refractivity contribution in [3.05, 3.63) is 65.2 Å². The van der Waals surface area contributed by atoms with Crippen molar-refractivity contribution in [3.8, 4) is 17.0 Å². The third-order valence-corrected chi connectivity index (χ3v) is 5.47. The number of carbonyl (C=O) groups is 1. The van der Waals surface area contributed by atoms with Gasteiger partial charge in [-0.3, -0.25) is 4.79 Å². The van der Waals surface area contributed by atoms with Crippen LogP contribution in [0.15, 0.2) is 42.6 Å². The maximum absolute atomic E-state index is 14.0. The minimum atomic E-state index is -0.482. The summed E-state index contributed by atoms with van der Waals surface area (Å²) < 4.78 is 21.4. The quantitative estimate of drug-likeness (QED) is 0.410. The molecule has 0 saturated heterocycles. The number of hydrogen-bond donors (Lipinski definition) is 3. The van der Waals surface area contributed by atoms with Crippen molar-refractivity contribution in [2.45, 2.75) is 26.5 Å². The summed E-state index contributed by atoms with van der Waals surface area (Å²) in [5.41, 5.74) is 9.66. The predicted octanol–water partition coefficient (Wildman–Crippen LogP) is 2.94. The van der Waals surface area contributed by atoms with Crippen molar-refractivity contribution < 1.29 is 13.9 Å². The molecule has 0 aliphatic carbocycles. The minimum Gasteiger partial charge on any atom is -0.473 e. The zero-order chi connectivity index (χ0) is 23.1. The van der Waals surface area contributed by atoms with E-state index in [0.717, 1.165) is 11.8 Å². The van der Waals surface area contributed by atoms with E-state index in [-0.39, 0.29) is 24.9 Å². The molecule has 1 atom stereocenters. The molecule has 9 nitrogen and oxygen atoms in total. The molecule has 0 unspecified atom stereocenters. The van der Waals surface area contributed by atoms with E-state index in [2.05, 4.69) is 20.7 Å². The summed E-state index contributed by atoms with van der Waals surface area (Å²) in [6.07, 6.45) is 0.695. The molecule has 2 bridgehead atoms. The highest BCUT2D eigenvalue weighted by molar-refractivity contribution is 6.02. The SMILES string of the molecule is Cc1nn2c(N)c(-c3ccccc3)c3nc2c1C(=O)NC[C@H](C)Oc1ncc(F)cc1CN3. The van der Waals surface area contributed by atoms with Crippen molar-refractivity contribution >= 4 is 23.2 Å². The molecule has 10 heteroatoms. The first-order valence-electron chi connectivity index (χ1n) is 10.5. The van der Waals surface area contributed by atoms with E-state index in [0.29, 0.717) is 39.7 Å². The molecule has 0 saturated carbocycles. The number of amides is 1. The number of nitrogen functional groups attached to an aromatic ring is 1. The second-order valence-corrected chi connectivity index (χ2v) is 7.89. The van der Waals surface area contributed by atoms with Crippen LogP contribution in [0.3, 0.4) is 0 Å². The number of nitrogens with zero attached hydrogens (tertiary/aromatic N) is 4. The van der Waals surface area contributed by atoms with Gasteiger partial charge in [-0.2, -0.15) is 9.61 Å². The van der Waals surface area contributed by atoms with Crippen molar-refractivity contribution in [2.24, 2.45) is 0 Å². The average Bonchev–Trinajstić information content (AvgIpc) is 3.14. The highest BCUT2D eigenvalue weighted by Gasteiger charge is 2.25. The normalized spacial score (nSPS) is 16.1. The zero-order valence-electron chi connectivity index (χ0n) is 18.1. The molecule has 4 heterocycles. The van der Waals surface area contributed by atoms with Crippen LogP contribution in [0, 0.1) is 12.7 Å². The van der Waals surface area contributed by atoms with E-state index in [9.17, 15) is 9.18 Å². The standard InChI is InChI=1S/C23H22FN7O2/c1-12-9-27-22(32)17-13(2)30-31-19(25)18(14-6-4-3-5-7-14)20(29-21(17)31)26-10-15-8-16(24)11-28-23(15)33-12/h3-8,11-12H,9-10,25H2,1-2H3,(H,26,29)(H,27,32)/t12-/m0/s1. The van der Waals surface area contributed by atoms with Crippen LogP contribution in [-0.4, -0.2) is 38.1 Å². The monoisotopic (exact) mass is 447 g/mol. The van der Waals surface area contributed by atoms with Gasteiger partial charge in [0.05, 0.1) is 24.0 Å². The smallest absolute Gasteiger partial charge is 0.257 e. The number of halogens is 1. The van der Waals surface area contributed by atoms with Crippen molar-refractivity contribution in [2.75, 3.05) is 17.6 Å². The molecular formula is C23H22FN7O2. The number of rotatable bonds is 1. The van der Waals surface area contributed by atoms with Gasteiger partial charge in [-0.25, -0.2) is 14.4 Å². The second kappa shape index (κ2) is 8.05. The lowest BCUT2D eigenvalue weighted by Crippen LogP contribution is -2.34. The van der Waals surface area contributed by atoms with E-state index in [4.69, 9.17) is 15.5 Å². The van der Waals surface area contributed by atoms with Gasteiger partial charge in [0.2, 0.25) is 5.88 Å². The van der Waals surface area contributed by atoms with Gasteiger partial charge in [-0.05, 0) is 25.5 Å². The Morgan fingerprint density at radius 3 is 2.79 bits per heavy atom. The molecule has 5 rings (SSSR count). The van der Waals surface area contributed by atoms with Gasteiger partial charge in [0.15, 0.2) is 5.65 Å². The number of fused-ring (bicyclic) bond motifs is 2. The number of pyridine rings is 1. The Morgan fingerprint density at radius 1 is 1.21 bits per heavy atom. The highest BCUT2D eigenvalue weighted by Crippen LogP contribution is 2.35. The number of carbonyl (C=O) groups excluding carboxylic acids is 1. The van der Waals surface area contributed by atoms with Crippen LogP contribution >= 0.6 is 0 Å². The molecule has 1 aliphatic rings. The molecule has 168 valence electrons. The first-order chi connectivity index (χ1) is 15.9. The van der Waals surface area contributed by atoms with Crippen LogP contribution < -0.4 is 21.1 Å². The number of aromatic nitrogens is 4. The Bertz CT molecular complexity index is 1370. The van der Waals surface area contributed by atoms with Gasteiger partial charge in [0, 0.05) is 12.1 Å². The van der Waals surface area contributed by atoms with Gasteiger partial charge < -0.3 is 21.1 Å². The molecule has 0 radical (unpaired) electrons. The van der Waals surface area contributed by atoms with Crippen molar-refractivity contribution in [3.63, 3.8) is 0 Å². The molecule has 1 aromatic carbocycles. The summed E-state index contributed by atoms with van der Waals surface area (Å²) in [7, 11) is 0. The maximum Gasteiger partial charge on any atom is 0.257 e. The molecule has 0 spiro atoms. The van der Waals surface area contributed by atoms with E-state index >= 15 is 0 Å². The largest absolute Gasteiger partial charge is 0.473 e. The molecule has 1 amide bonds. The number of ether oxygens (including phenoxy) is 1. The number of aryl methyl sites for hydroxylation is 1. The van der Waals surface area contributed by atoms with E-state index in [1.54, 1.807) is 13.8 Å². The van der Waals surface area contributed by atoms with Crippen molar-refractivity contribution in [1.29, 1.82) is 0 Å². The van der Waals surface area contributed by atoms with E-state index in [1.165, 1.54) is 10.6 Å². The first-order valence-corrected chi connectivity index (χ1v) is 10.5. The number of hydrogen-bond acceptors (Lipinski definition) is 7. The fraction of sp³-hybridized carbons (Fsp3) is 0.217. The highest BCUT2D eigenvalue weighted by atomic mass is 19.1. The molecule has 4 N–H and O–H groups in total. The lowest BCUT2D eigenvalue weighted by molar-refractivity contribution is 0.0931. The summed E-state index contributed by atoms with van der Waals surface area (Å²) >= 11 is 0. The van der Waals surface area contributed by atoms with Crippen LogP contribution in [0.25, 0.3) is 16.8 Å². The third kappa shape index (κ3) is 3.69. The average molecular weight is 447 g/mol. The molecule has 4 aromatic rings. The molecule has 0 fully saturated rings. The number of nitrogens with two attached hydrogens (primary N) is 1. The summed E-state index contributed by atoms with van der Waals surface area (Å²) in [6, 6.07) is 10.9. The fourth-order valence-electron chi connectivity index (χ4n) is 3.90. The maximum atomic E-state index is 14.0. The number of anilines is 2. The van der Waals surface area contributed by atoms with Gasteiger partial charge >= 0.3 is 0 Å². The summed E-state index contributed by atoms with van der Waals surface area (Å²) in [5.74, 6) is 0.217. The van der Waals surface area contributed by atoms with Gasteiger partial charge in [0.1, 0.15) is 29.1 Å². The Balaban J connectivity index is 1.74. The van der Waals surface area contributed by atoms with Crippen LogP contribution in [-0.2, 0) is 6.54 Å². The predicted molar refractivity (Wildman–Crippen MR) is 122 cm³/mol. The van der Waals surface area contributed by atoms with Gasteiger partial charge in [-0.15, -0.1) is 0 Å². The molecule has 33 heavy (non-hydrogen) atoms. The zero-order valence-corrected chi connectivity index (χ0v) is 18.1. The molecular weight excluding hydrogens is 425 g/mol. The fourth-order valence-corrected chi connectivity index (χ4v) is 3.90. The van der Waals surface area contributed by atoms with Crippen LogP contribution in [0.2, 0.25) is 0 Å². The number of benzene rings is 1. The molecule has 3 aromatic heterocycles. The van der Waals surface area contributed by atoms with Gasteiger partial charge in [0.25, 0.3) is 5.91 Å². The molecule has 1 aliphatic heterocycles. The van der Waals surface area contributed by atoms with Gasteiger partial charge in [-0.1, -0.05) is 30.3 Å². The Morgan fingerprint density at radius 2 is 2.00 bits per heavy atom.